The first-order valence-electron chi connectivity index (χ1n) is 3.81. The molecule has 0 fully saturated rings. The number of aliphatic hydroxyl groups is 1. The Bertz CT molecular complexity index is 143. The van der Waals surface area contributed by atoms with Gasteiger partial charge in [-0.3, -0.25) is 4.79 Å². The fourth-order valence-electron chi connectivity index (χ4n) is 0.745. The van der Waals surface area contributed by atoms with Crippen molar-refractivity contribution in [3.8, 4) is 0 Å². The number of carbonyl (C=O) groups is 1. The van der Waals surface area contributed by atoms with Crippen molar-refractivity contribution in [2.24, 2.45) is 5.73 Å². The Morgan fingerprint density at radius 2 is 2.25 bits per heavy atom. The Hall–Kier alpha value is -0.260. The van der Waals surface area contributed by atoms with E-state index in [9.17, 15) is 4.79 Å². The van der Waals surface area contributed by atoms with Crippen LogP contribution in [-0.2, 0) is 4.79 Å². The van der Waals surface area contributed by atoms with Crippen molar-refractivity contribution in [1.82, 2.24) is 0 Å². The first-order valence-corrected chi connectivity index (χ1v) is 4.75. The van der Waals surface area contributed by atoms with Gasteiger partial charge in [-0.05, 0) is 6.42 Å². The Morgan fingerprint density at radius 3 is 2.58 bits per heavy atom. The van der Waals surface area contributed by atoms with Crippen molar-refractivity contribution in [2.45, 2.75) is 23.8 Å². The van der Waals surface area contributed by atoms with Crippen molar-refractivity contribution < 1.29 is 15.0 Å². The van der Waals surface area contributed by atoms with Gasteiger partial charge in [-0.2, -0.15) is 0 Å². The van der Waals surface area contributed by atoms with Gasteiger partial charge in [0.15, 0.2) is 0 Å². The van der Waals surface area contributed by atoms with Crippen LogP contribution in [0.25, 0.3) is 0 Å². The quantitative estimate of drug-likeness (QED) is 0.548. The molecule has 0 saturated heterocycles. The first kappa shape index (κ1) is 11.7. The van der Waals surface area contributed by atoms with Gasteiger partial charge in [0, 0.05) is 18.4 Å². The number of aliphatic hydroxyl groups excluding tert-OH is 1. The van der Waals surface area contributed by atoms with Crippen LogP contribution in [0.1, 0.15) is 13.3 Å². The normalized spacial score (nSPS) is 15.6. The molecule has 4 N–H and O–H groups in total. The fourth-order valence-corrected chi connectivity index (χ4v) is 1.77. The van der Waals surface area contributed by atoms with E-state index in [-0.39, 0.29) is 18.4 Å². The molecule has 0 aromatic carbocycles. The molecule has 12 heavy (non-hydrogen) atoms. The zero-order valence-electron chi connectivity index (χ0n) is 7.06. The number of aliphatic carboxylic acids is 1. The Balaban J connectivity index is 3.77. The third-order valence-electron chi connectivity index (χ3n) is 1.42. The maximum absolute atomic E-state index is 10.5. The molecular weight excluding hydrogens is 178 g/mol. The second kappa shape index (κ2) is 6.28. The lowest BCUT2D eigenvalue weighted by Crippen LogP contribution is -2.28. The highest BCUT2D eigenvalue weighted by Gasteiger charge is 2.18. The molecule has 0 amide bonds. The molecule has 0 rings (SSSR count). The molecule has 0 bridgehead atoms. The van der Waals surface area contributed by atoms with E-state index in [0.717, 1.165) is 0 Å². The van der Waals surface area contributed by atoms with Crippen LogP contribution in [0.3, 0.4) is 0 Å². The number of thioether (sulfide) groups is 1. The molecular formula is C7H15NO3S. The van der Waals surface area contributed by atoms with Crippen LogP contribution in [0.5, 0.6) is 0 Å². The van der Waals surface area contributed by atoms with Crippen LogP contribution in [0.2, 0.25) is 0 Å². The van der Waals surface area contributed by atoms with Gasteiger partial charge in [-0.15, -0.1) is 11.8 Å². The fraction of sp³-hybridized carbons (Fsp3) is 0.857. The molecule has 2 atom stereocenters. The van der Waals surface area contributed by atoms with Crippen LogP contribution in [0.4, 0.5) is 0 Å². The van der Waals surface area contributed by atoms with E-state index in [4.69, 9.17) is 15.9 Å². The van der Waals surface area contributed by atoms with Gasteiger partial charge in [0.25, 0.3) is 0 Å². The topological polar surface area (TPSA) is 83.5 Å². The molecule has 0 saturated carbocycles. The third-order valence-corrected chi connectivity index (χ3v) is 2.84. The number of carboxylic acids is 1. The minimum Gasteiger partial charge on any atom is -0.480 e. The van der Waals surface area contributed by atoms with Crippen molar-refractivity contribution in [2.75, 3.05) is 13.2 Å². The number of nitrogens with two attached hydrogens (primary N) is 1. The highest BCUT2D eigenvalue weighted by molar-refractivity contribution is 8.01. The van der Waals surface area contributed by atoms with E-state index in [1.54, 1.807) is 0 Å². The van der Waals surface area contributed by atoms with E-state index < -0.39 is 11.2 Å². The predicted molar refractivity (Wildman–Crippen MR) is 49.2 cm³/mol. The zero-order chi connectivity index (χ0) is 9.56. The lowest BCUT2D eigenvalue weighted by Gasteiger charge is -2.14. The number of hydrogen-bond acceptors (Lipinski definition) is 4. The number of rotatable bonds is 6. The van der Waals surface area contributed by atoms with E-state index in [0.29, 0.717) is 6.42 Å². The van der Waals surface area contributed by atoms with E-state index in [2.05, 4.69) is 0 Å². The average Bonchev–Trinajstić information content (AvgIpc) is 2.00. The van der Waals surface area contributed by atoms with Gasteiger partial charge in [-0.1, -0.05) is 6.92 Å². The van der Waals surface area contributed by atoms with Crippen LogP contribution in [-0.4, -0.2) is 39.8 Å². The van der Waals surface area contributed by atoms with Crippen LogP contribution < -0.4 is 5.73 Å². The van der Waals surface area contributed by atoms with Crippen LogP contribution in [0.15, 0.2) is 0 Å². The summed E-state index contributed by atoms with van der Waals surface area (Å²) in [6.07, 6.45) is 0.606. The highest BCUT2D eigenvalue weighted by Crippen LogP contribution is 2.19. The summed E-state index contributed by atoms with van der Waals surface area (Å²) in [5.74, 6) is -0.882. The predicted octanol–water partition coefficient (Wildman–Crippen LogP) is -0.0976. The van der Waals surface area contributed by atoms with Crippen LogP contribution >= 0.6 is 11.8 Å². The molecule has 72 valence electrons. The van der Waals surface area contributed by atoms with Gasteiger partial charge in [-0.25, -0.2) is 0 Å². The Kier molecular flexibility index (Phi) is 6.14. The first-order chi connectivity index (χ1) is 5.61. The summed E-state index contributed by atoms with van der Waals surface area (Å²) in [6, 6.07) is 0. The summed E-state index contributed by atoms with van der Waals surface area (Å²) in [7, 11) is 0. The third kappa shape index (κ3) is 4.58. The standard InChI is InChI=1S/C7H15NO3S/c1-5(2-3-9)12-6(4-8)7(10)11/h5-6,9H,2-4,8H2,1H3,(H,10,11). The van der Waals surface area contributed by atoms with E-state index in [1.807, 2.05) is 6.92 Å². The lowest BCUT2D eigenvalue weighted by atomic mass is 10.3. The Labute approximate surface area is 76.1 Å². The van der Waals surface area contributed by atoms with Gasteiger partial charge in [0.05, 0.1) is 0 Å². The van der Waals surface area contributed by atoms with Crippen molar-refractivity contribution in [3.05, 3.63) is 0 Å². The summed E-state index contributed by atoms with van der Waals surface area (Å²) >= 11 is 1.29. The molecule has 0 spiro atoms. The molecule has 4 nitrogen and oxygen atoms in total. The summed E-state index contributed by atoms with van der Waals surface area (Å²) in [6.45, 7) is 2.10. The minimum atomic E-state index is -0.882. The minimum absolute atomic E-state index is 0.0884. The molecule has 0 aliphatic rings. The van der Waals surface area contributed by atoms with Crippen molar-refractivity contribution >= 4 is 17.7 Å². The zero-order valence-corrected chi connectivity index (χ0v) is 7.88. The maximum atomic E-state index is 10.5. The summed E-state index contributed by atoms with van der Waals surface area (Å²) in [4.78, 5) is 10.5. The largest absolute Gasteiger partial charge is 0.480 e. The highest BCUT2D eigenvalue weighted by atomic mass is 32.2. The molecule has 2 unspecified atom stereocenters. The molecule has 0 heterocycles. The van der Waals surface area contributed by atoms with Crippen LogP contribution in [0, 0.1) is 0 Å². The Morgan fingerprint density at radius 1 is 1.67 bits per heavy atom. The van der Waals surface area contributed by atoms with Gasteiger partial charge in [0.2, 0.25) is 0 Å². The number of carboxylic acid groups (broad SMARTS) is 1. The monoisotopic (exact) mass is 193 g/mol. The van der Waals surface area contributed by atoms with Crippen molar-refractivity contribution in [3.63, 3.8) is 0 Å². The van der Waals surface area contributed by atoms with Crippen molar-refractivity contribution in [1.29, 1.82) is 0 Å². The SMILES string of the molecule is CC(CCO)SC(CN)C(=O)O. The smallest absolute Gasteiger partial charge is 0.317 e. The maximum Gasteiger partial charge on any atom is 0.317 e. The number of hydrogen-bond donors (Lipinski definition) is 3. The molecule has 0 aromatic rings. The molecule has 0 radical (unpaired) electrons. The summed E-state index contributed by atoms with van der Waals surface area (Å²) in [5.41, 5.74) is 5.25. The summed E-state index contributed by atoms with van der Waals surface area (Å²) in [5, 5.41) is 16.8. The van der Waals surface area contributed by atoms with E-state index in [1.165, 1.54) is 11.8 Å². The van der Waals surface area contributed by atoms with Gasteiger partial charge < -0.3 is 15.9 Å². The second-order valence-electron chi connectivity index (χ2n) is 2.52. The van der Waals surface area contributed by atoms with Gasteiger partial charge >= 0.3 is 5.97 Å². The van der Waals surface area contributed by atoms with Gasteiger partial charge in [0.1, 0.15) is 5.25 Å². The molecule has 5 heteroatoms. The molecule has 0 aromatic heterocycles. The second-order valence-corrected chi connectivity index (χ2v) is 4.17. The molecule has 0 aliphatic heterocycles. The molecule has 0 aliphatic carbocycles. The summed E-state index contributed by atoms with van der Waals surface area (Å²) < 4.78 is 0. The van der Waals surface area contributed by atoms with E-state index >= 15 is 0 Å². The lowest BCUT2D eigenvalue weighted by molar-refractivity contribution is -0.136. The average molecular weight is 193 g/mol.